The molecule has 0 saturated heterocycles. The molecule has 4 unspecified atom stereocenters. The number of carboxylic acids is 1. The van der Waals surface area contributed by atoms with Crippen molar-refractivity contribution in [1.29, 1.82) is 0 Å². The van der Waals surface area contributed by atoms with Gasteiger partial charge in [0, 0.05) is 24.7 Å². The molecule has 3 amide bonds. The van der Waals surface area contributed by atoms with Crippen LogP contribution in [0.3, 0.4) is 0 Å². The fourth-order valence-corrected chi connectivity index (χ4v) is 3.47. The highest BCUT2D eigenvalue weighted by Gasteiger charge is 2.29. The number of aromatic amines is 1. The van der Waals surface area contributed by atoms with E-state index < -0.39 is 47.9 Å². The normalized spacial score (nSPS) is 14.2. The Morgan fingerprint density at radius 3 is 2.28 bits per heavy atom. The van der Waals surface area contributed by atoms with E-state index in [-0.39, 0.29) is 12.8 Å². The maximum absolute atomic E-state index is 13.1. The molecule has 0 aliphatic rings. The van der Waals surface area contributed by atoms with Gasteiger partial charge in [0.1, 0.15) is 18.1 Å². The lowest BCUT2D eigenvalue weighted by molar-refractivity contribution is -0.142. The average molecular weight is 502 g/mol. The number of aromatic nitrogens is 2. The van der Waals surface area contributed by atoms with E-state index in [2.05, 4.69) is 25.9 Å². The summed E-state index contributed by atoms with van der Waals surface area (Å²) in [6.45, 7) is 1.97. The molecule has 196 valence electrons. The van der Waals surface area contributed by atoms with Crippen molar-refractivity contribution in [2.45, 2.75) is 63.2 Å². The second-order valence-corrected chi connectivity index (χ2v) is 8.55. The van der Waals surface area contributed by atoms with Crippen LogP contribution in [-0.4, -0.2) is 69.5 Å². The highest BCUT2D eigenvalue weighted by Crippen LogP contribution is 2.06. The zero-order valence-electron chi connectivity index (χ0n) is 20.3. The van der Waals surface area contributed by atoms with E-state index in [0.717, 1.165) is 12.0 Å². The number of carboxylic acid groups (broad SMARTS) is 1. The quantitative estimate of drug-likeness (QED) is 0.154. The van der Waals surface area contributed by atoms with Crippen molar-refractivity contribution in [3.05, 3.63) is 54.1 Å². The largest absolute Gasteiger partial charge is 0.480 e. The minimum Gasteiger partial charge on any atom is -0.480 e. The lowest BCUT2D eigenvalue weighted by Crippen LogP contribution is -2.57. The molecule has 2 rings (SSSR count). The summed E-state index contributed by atoms with van der Waals surface area (Å²) >= 11 is 0. The molecular formula is C24H35N7O5. The van der Waals surface area contributed by atoms with Gasteiger partial charge in [0.15, 0.2) is 0 Å². The number of nitrogens with one attached hydrogen (secondary N) is 4. The van der Waals surface area contributed by atoms with E-state index in [1.165, 1.54) is 19.4 Å². The van der Waals surface area contributed by atoms with E-state index in [1.807, 2.05) is 0 Å². The molecule has 36 heavy (non-hydrogen) atoms. The molecule has 0 spiro atoms. The van der Waals surface area contributed by atoms with Crippen LogP contribution in [0.25, 0.3) is 0 Å². The van der Waals surface area contributed by atoms with Gasteiger partial charge in [0.2, 0.25) is 17.7 Å². The summed E-state index contributed by atoms with van der Waals surface area (Å²) in [6, 6.07) is 4.79. The topological polar surface area (TPSA) is 205 Å². The first-order chi connectivity index (χ1) is 17.2. The van der Waals surface area contributed by atoms with Crippen LogP contribution >= 0.6 is 0 Å². The standard InChI is InChI=1S/C24H35N7O5/c1-15(29-22(33)18(26)9-5-6-10-25)21(32)30-19(12-17-13-27-14-28-17)23(34)31-20(24(35)36)11-16-7-3-2-4-8-16/h2-4,7-8,13-15,18-20H,5-6,9-12,25-26H2,1H3,(H,27,28)(H,29,33)(H,30,32)(H,31,34)(H,35,36). The molecule has 1 aromatic heterocycles. The van der Waals surface area contributed by atoms with Gasteiger partial charge in [0.25, 0.3) is 0 Å². The van der Waals surface area contributed by atoms with Gasteiger partial charge in [-0.2, -0.15) is 0 Å². The zero-order chi connectivity index (χ0) is 26.5. The number of aliphatic carboxylic acids is 1. The van der Waals surface area contributed by atoms with E-state index in [1.54, 1.807) is 30.3 Å². The van der Waals surface area contributed by atoms with Gasteiger partial charge in [-0.1, -0.05) is 36.8 Å². The molecule has 9 N–H and O–H groups in total. The average Bonchev–Trinajstić information content (AvgIpc) is 3.36. The molecule has 1 aromatic carbocycles. The Morgan fingerprint density at radius 2 is 1.67 bits per heavy atom. The van der Waals surface area contributed by atoms with E-state index in [9.17, 15) is 24.3 Å². The molecule has 1 heterocycles. The predicted molar refractivity (Wildman–Crippen MR) is 132 cm³/mol. The molecule has 0 saturated carbocycles. The predicted octanol–water partition coefficient (Wildman–Crippen LogP) is -0.790. The molecule has 12 heteroatoms. The molecular weight excluding hydrogens is 466 g/mol. The van der Waals surface area contributed by atoms with Crippen molar-refractivity contribution < 1.29 is 24.3 Å². The second-order valence-electron chi connectivity index (χ2n) is 8.55. The summed E-state index contributed by atoms with van der Waals surface area (Å²) in [7, 11) is 0. The van der Waals surface area contributed by atoms with Crippen LogP contribution in [0.15, 0.2) is 42.9 Å². The first-order valence-corrected chi connectivity index (χ1v) is 11.8. The summed E-state index contributed by atoms with van der Waals surface area (Å²) in [6.07, 6.45) is 4.89. The van der Waals surface area contributed by atoms with Crippen molar-refractivity contribution in [1.82, 2.24) is 25.9 Å². The first-order valence-electron chi connectivity index (χ1n) is 11.8. The molecule has 0 fully saturated rings. The molecule has 4 atom stereocenters. The number of H-pyrrole nitrogens is 1. The number of unbranched alkanes of at least 4 members (excludes halogenated alkanes) is 1. The fourth-order valence-electron chi connectivity index (χ4n) is 3.47. The number of carbonyl (C=O) groups excluding carboxylic acids is 3. The van der Waals surface area contributed by atoms with Gasteiger partial charge in [-0.3, -0.25) is 14.4 Å². The third kappa shape index (κ3) is 9.47. The Labute approximate surface area is 209 Å². The molecule has 2 aromatic rings. The molecule has 0 aliphatic heterocycles. The van der Waals surface area contributed by atoms with Crippen molar-refractivity contribution in [2.75, 3.05) is 6.54 Å². The summed E-state index contributed by atoms with van der Waals surface area (Å²) < 4.78 is 0. The number of benzene rings is 1. The van der Waals surface area contributed by atoms with Gasteiger partial charge in [-0.15, -0.1) is 0 Å². The Kier molecular flexibility index (Phi) is 11.5. The maximum atomic E-state index is 13.1. The summed E-state index contributed by atoms with van der Waals surface area (Å²) in [4.78, 5) is 56.8. The first kappa shape index (κ1) is 28.5. The van der Waals surface area contributed by atoms with Crippen molar-refractivity contribution in [3.63, 3.8) is 0 Å². The summed E-state index contributed by atoms with van der Waals surface area (Å²) in [5.74, 6) is -2.99. The third-order valence-electron chi connectivity index (χ3n) is 5.57. The van der Waals surface area contributed by atoms with E-state index in [0.29, 0.717) is 25.1 Å². The lowest BCUT2D eigenvalue weighted by Gasteiger charge is -2.23. The van der Waals surface area contributed by atoms with Crippen molar-refractivity contribution >= 4 is 23.7 Å². The number of hydrogen-bond donors (Lipinski definition) is 7. The molecule has 0 bridgehead atoms. The van der Waals surface area contributed by atoms with Gasteiger partial charge < -0.3 is 37.5 Å². The Morgan fingerprint density at radius 1 is 0.972 bits per heavy atom. The fraction of sp³-hybridized carbons (Fsp3) is 0.458. The smallest absolute Gasteiger partial charge is 0.326 e. The monoisotopic (exact) mass is 501 g/mol. The van der Waals surface area contributed by atoms with Gasteiger partial charge >= 0.3 is 5.97 Å². The van der Waals surface area contributed by atoms with Crippen LogP contribution in [0.1, 0.15) is 37.4 Å². The minimum atomic E-state index is -1.21. The van der Waals surface area contributed by atoms with Crippen LogP contribution in [0.2, 0.25) is 0 Å². The summed E-state index contributed by atoms with van der Waals surface area (Å²) in [5, 5.41) is 17.3. The zero-order valence-corrected chi connectivity index (χ0v) is 20.3. The molecule has 12 nitrogen and oxygen atoms in total. The van der Waals surface area contributed by atoms with Gasteiger partial charge in [-0.25, -0.2) is 9.78 Å². The van der Waals surface area contributed by atoms with Crippen LogP contribution < -0.4 is 27.4 Å². The number of imidazole rings is 1. The van der Waals surface area contributed by atoms with Gasteiger partial charge in [0.05, 0.1) is 12.4 Å². The Hall–Kier alpha value is -3.77. The van der Waals surface area contributed by atoms with E-state index >= 15 is 0 Å². The minimum absolute atomic E-state index is 0.0362. The van der Waals surface area contributed by atoms with Crippen LogP contribution in [0, 0.1) is 0 Å². The summed E-state index contributed by atoms with van der Waals surface area (Å²) in [5.41, 5.74) is 12.6. The molecule has 0 aliphatic carbocycles. The van der Waals surface area contributed by atoms with Crippen molar-refractivity contribution in [3.8, 4) is 0 Å². The highest BCUT2D eigenvalue weighted by atomic mass is 16.4. The maximum Gasteiger partial charge on any atom is 0.326 e. The van der Waals surface area contributed by atoms with Crippen LogP contribution in [0.4, 0.5) is 0 Å². The SMILES string of the molecule is CC(NC(=O)C(N)CCCCN)C(=O)NC(Cc1cnc[nH]1)C(=O)NC(Cc1ccccc1)C(=O)O. The van der Waals surface area contributed by atoms with Gasteiger partial charge in [-0.05, 0) is 31.9 Å². The number of nitrogens with zero attached hydrogens (tertiary/aromatic N) is 1. The number of carbonyl (C=O) groups is 4. The number of amides is 3. The number of rotatable bonds is 15. The van der Waals surface area contributed by atoms with E-state index in [4.69, 9.17) is 11.5 Å². The van der Waals surface area contributed by atoms with Crippen LogP contribution in [-0.2, 0) is 32.0 Å². The van der Waals surface area contributed by atoms with Crippen LogP contribution in [0.5, 0.6) is 0 Å². The Bertz CT molecular complexity index is 984. The highest BCUT2D eigenvalue weighted by molar-refractivity contribution is 5.94. The number of nitrogens with two attached hydrogens (primary N) is 2. The number of hydrogen-bond acceptors (Lipinski definition) is 7. The molecule has 0 radical (unpaired) electrons. The van der Waals surface area contributed by atoms with Crippen molar-refractivity contribution in [2.24, 2.45) is 11.5 Å². The second kappa shape index (κ2) is 14.6. The third-order valence-corrected chi connectivity index (χ3v) is 5.57. The lowest BCUT2D eigenvalue weighted by atomic mass is 10.0. The Balaban J connectivity index is 2.05.